The monoisotopic (exact) mass is 365 g/mol. The van der Waals surface area contributed by atoms with E-state index in [9.17, 15) is 9.18 Å². The van der Waals surface area contributed by atoms with Crippen LogP contribution in [0, 0.1) is 11.7 Å². The van der Waals surface area contributed by atoms with Crippen molar-refractivity contribution in [2.75, 3.05) is 0 Å². The molecule has 27 heavy (non-hydrogen) atoms. The fraction of sp³-hybridized carbons (Fsp3) is 0.409. The summed E-state index contributed by atoms with van der Waals surface area (Å²) in [6, 6.07) is 6.75. The molecule has 2 heterocycles. The third-order valence-electron chi connectivity index (χ3n) is 5.56. The number of fused-ring (bicyclic) bond motifs is 1. The molecule has 1 aliphatic carbocycles. The van der Waals surface area contributed by atoms with Crippen LogP contribution in [0.15, 0.2) is 41.5 Å². The molecule has 0 spiro atoms. The highest BCUT2D eigenvalue weighted by molar-refractivity contribution is 5.85. The molecule has 0 amide bonds. The zero-order valence-corrected chi connectivity index (χ0v) is 15.6. The summed E-state index contributed by atoms with van der Waals surface area (Å²) in [6.07, 6.45) is 10.3. The highest BCUT2D eigenvalue weighted by Gasteiger charge is 2.17. The SMILES string of the molecule is CCc1ccnc(-c2cc3ccn(CC4CCCCC4)c(=O)c3cc2F)n1. The van der Waals surface area contributed by atoms with Crippen LogP contribution in [0.5, 0.6) is 0 Å². The van der Waals surface area contributed by atoms with Gasteiger partial charge in [0, 0.05) is 24.6 Å². The molecule has 2 aromatic heterocycles. The van der Waals surface area contributed by atoms with Gasteiger partial charge < -0.3 is 4.57 Å². The van der Waals surface area contributed by atoms with Gasteiger partial charge >= 0.3 is 0 Å². The van der Waals surface area contributed by atoms with Crippen LogP contribution in [0.4, 0.5) is 4.39 Å². The molecule has 0 atom stereocenters. The van der Waals surface area contributed by atoms with E-state index in [1.807, 2.05) is 25.3 Å². The van der Waals surface area contributed by atoms with E-state index in [1.54, 1.807) is 16.8 Å². The number of nitrogens with zero attached hydrogens (tertiary/aromatic N) is 3. The van der Waals surface area contributed by atoms with Gasteiger partial charge in [-0.3, -0.25) is 4.79 Å². The van der Waals surface area contributed by atoms with E-state index in [4.69, 9.17) is 0 Å². The van der Waals surface area contributed by atoms with Crippen LogP contribution >= 0.6 is 0 Å². The Morgan fingerprint density at radius 1 is 1.19 bits per heavy atom. The molecular weight excluding hydrogens is 341 g/mol. The maximum absolute atomic E-state index is 14.8. The highest BCUT2D eigenvalue weighted by atomic mass is 19.1. The van der Waals surface area contributed by atoms with E-state index in [2.05, 4.69) is 9.97 Å². The number of aryl methyl sites for hydroxylation is 1. The van der Waals surface area contributed by atoms with E-state index in [-0.39, 0.29) is 5.56 Å². The van der Waals surface area contributed by atoms with Crippen molar-refractivity contribution in [2.24, 2.45) is 5.92 Å². The molecule has 1 aromatic carbocycles. The van der Waals surface area contributed by atoms with Crippen LogP contribution < -0.4 is 5.56 Å². The van der Waals surface area contributed by atoms with Crippen LogP contribution in [-0.2, 0) is 13.0 Å². The van der Waals surface area contributed by atoms with Crippen molar-refractivity contribution >= 4 is 10.8 Å². The quantitative estimate of drug-likeness (QED) is 0.671. The van der Waals surface area contributed by atoms with Crippen molar-refractivity contribution in [3.8, 4) is 11.4 Å². The van der Waals surface area contributed by atoms with E-state index < -0.39 is 5.82 Å². The molecule has 140 valence electrons. The first-order chi connectivity index (χ1) is 13.2. The van der Waals surface area contributed by atoms with E-state index in [0.717, 1.165) is 24.0 Å². The molecule has 0 N–H and O–H groups in total. The molecule has 1 aliphatic rings. The summed E-state index contributed by atoms with van der Waals surface area (Å²) in [4.78, 5) is 21.5. The lowest BCUT2D eigenvalue weighted by Crippen LogP contribution is -2.24. The van der Waals surface area contributed by atoms with Crippen molar-refractivity contribution in [2.45, 2.75) is 52.0 Å². The highest BCUT2D eigenvalue weighted by Crippen LogP contribution is 2.26. The molecular formula is C22H24FN3O. The number of pyridine rings is 1. The number of aromatic nitrogens is 3. The second-order valence-corrected chi connectivity index (χ2v) is 7.42. The molecule has 0 aliphatic heterocycles. The number of hydrogen-bond donors (Lipinski definition) is 0. The molecule has 0 unspecified atom stereocenters. The predicted molar refractivity (Wildman–Crippen MR) is 105 cm³/mol. The maximum Gasteiger partial charge on any atom is 0.258 e. The van der Waals surface area contributed by atoms with Crippen LogP contribution in [0.25, 0.3) is 22.2 Å². The Hall–Kier alpha value is -2.56. The Labute approximate surface area is 158 Å². The van der Waals surface area contributed by atoms with Crippen LogP contribution in [-0.4, -0.2) is 14.5 Å². The van der Waals surface area contributed by atoms with Gasteiger partial charge in [0.1, 0.15) is 5.82 Å². The zero-order chi connectivity index (χ0) is 18.8. The summed E-state index contributed by atoms with van der Waals surface area (Å²) < 4.78 is 16.5. The second kappa shape index (κ2) is 7.59. The van der Waals surface area contributed by atoms with Gasteiger partial charge in [-0.25, -0.2) is 14.4 Å². The first-order valence-corrected chi connectivity index (χ1v) is 9.80. The van der Waals surface area contributed by atoms with Crippen LogP contribution in [0.1, 0.15) is 44.7 Å². The number of hydrogen-bond acceptors (Lipinski definition) is 3. The molecule has 3 aromatic rings. The normalized spacial score (nSPS) is 15.3. The summed E-state index contributed by atoms with van der Waals surface area (Å²) in [6.45, 7) is 2.72. The van der Waals surface area contributed by atoms with Gasteiger partial charge in [0.25, 0.3) is 5.56 Å². The third kappa shape index (κ3) is 3.64. The van der Waals surface area contributed by atoms with Crippen molar-refractivity contribution in [3.63, 3.8) is 0 Å². The summed E-state index contributed by atoms with van der Waals surface area (Å²) >= 11 is 0. The lowest BCUT2D eigenvalue weighted by molar-refractivity contribution is 0.316. The largest absolute Gasteiger partial charge is 0.315 e. The molecule has 0 bridgehead atoms. The summed E-state index contributed by atoms with van der Waals surface area (Å²) in [7, 11) is 0. The minimum absolute atomic E-state index is 0.119. The fourth-order valence-corrected chi connectivity index (χ4v) is 3.99. The lowest BCUT2D eigenvalue weighted by Gasteiger charge is -2.22. The first-order valence-electron chi connectivity index (χ1n) is 9.80. The van der Waals surface area contributed by atoms with Gasteiger partial charge in [-0.1, -0.05) is 26.2 Å². The number of rotatable bonds is 4. The van der Waals surface area contributed by atoms with E-state index in [0.29, 0.717) is 22.7 Å². The Morgan fingerprint density at radius 3 is 2.78 bits per heavy atom. The number of benzene rings is 1. The third-order valence-corrected chi connectivity index (χ3v) is 5.56. The molecule has 5 heteroatoms. The average Bonchev–Trinajstić information content (AvgIpc) is 2.71. The van der Waals surface area contributed by atoms with Crippen molar-refractivity contribution in [1.29, 1.82) is 0 Å². The summed E-state index contributed by atoms with van der Waals surface area (Å²) in [5, 5.41) is 1.14. The minimum Gasteiger partial charge on any atom is -0.315 e. The Balaban J connectivity index is 1.73. The fourth-order valence-electron chi connectivity index (χ4n) is 3.99. The van der Waals surface area contributed by atoms with Crippen molar-refractivity contribution in [1.82, 2.24) is 14.5 Å². The Bertz CT molecular complexity index is 1020. The molecule has 4 nitrogen and oxygen atoms in total. The standard InChI is InChI=1S/C22H24FN3O/c1-2-17-8-10-24-21(25-17)19-12-16-9-11-26(14-15-6-4-3-5-7-15)22(27)18(16)13-20(19)23/h8-13,15H,2-7,14H2,1H3. The van der Waals surface area contributed by atoms with Crippen LogP contribution in [0.3, 0.4) is 0 Å². The molecule has 0 saturated heterocycles. The summed E-state index contributed by atoms with van der Waals surface area (Å²) in [5.74, 6) is 0.451. The first kappa shape index (κ1) is 17.8. The van der Waals surface area contributed by atoms with Gasteiger partial charge in [-0.05, 0) is 54.8 Å². The van der Waals surface area contributed by atoms with Crippen molar-refractivity contribution < 1.29 is 4.39 Å². The maximum atomic E-state index is 14.8. The van der Waals surface area contributed by atoms with Gasteiger partial charge in [0.05, 0.1) is 10.9 Å². The molecule has 1 saturated carbocycles. The summed E-state index contributed by atoms with van der Waals surface area (Å²) in [5.41, 5.74) is 1.08. The van der Waals surface area contributed by atoms with Crippen molar-refractivity contribution in [3.05, 3.63) is 58.5 Å². The second-order valence-electron chi connectivity index (χ2n) is 7.42. The molecule has 0 radical (unpaired) electrons. The zero-order valence-electron chi connectivity index (χ0n) is 15.6. The Morgan fingerprint density at radius 2 is 2.00 bits per heavy atom. The molecule has 4 rings (SSSR count). The minimum atomic E-state index is -0.455. The van der Waals surface area contributed by atoms with Gasteiger partial charge in [0.2, 0.25) is 0 Å². The van der Waals surface area contributed by atoms with Gasteiger partial charge in [-0.2, -0.15) is 0 Å². The van der Waals surface area contributed by atoms with Gasteiger partial charge in [0.15, 0.2) is 5.82 Å². The average molecular weight is 365 g/mol. The Kier molecular flexibility index (Phi) is 5.01. The van der Waals surface area contributed by atoms with E-state index >= 15 is 0 Å². The lowest BCUT2D eigenvalue weighted by atomic mass is 9.89. The smallest absolute Gasteiger partial charge is 0.258 e. The van der Waals surface area contributed by atoms with Crippen LogP contribution in [0.2, 0.25) is 0 Å². The van der Waals surface area contributed by atoms with Gasteiger partial charge in [-0.15, -0.1) is 0 Å². The predicted octanol–water partition coefficient (Wildman–Crippen LogP) is 4.74. The number of halogens is 1. The molecule has 1 fully saturated rings. The topological polar surface area (TPSA) is 47.8 Å². The van der Waals surface area contributed by atoms with E-state index in [1.165, 1.54) is 38.2 Å².